The van der Waals surface area contributed by atoms with Crippen LogP contribution in [0.2, 0.25) is 0 Å². The maximum absolute atomic E-state index is 12.4. The van der Waals surface area contributed by atoms with Gasteiger partial charge in [-0.3, -0.25) is 9.36 Å². The van der Waals surface area contributed by atoms with Crippen molar-refractivity contribution >= 4 is 17.7 Å². The highest BCUT2D eigenvalue weighted by Gasteiger charge is 2.18. The molecule has 0 aliphatic heterocycles. The second-order valence-corrected chi connectivity index (χ2v) is 7.47. The first kappa shape index (κ1) is 19.0. The molecule has 0 fully saturated rings. The third-order valence-corrected chi connectivity index (χ3v) is 5.24. The zero-order valence-electron chi connectivity index (χ0n) is 15.1. The number of nitrogens with zero attached hydrogens (tertiary/aromatic N) is 2. The number of H-pyrrole nitrogens is 1. The minimum Gasteiger partial charge on any atom is -0.351 e. The summed E-state index contributed by atoms with van der Waals surface area (Å²) in [5, 5.41) is 9.64. The maximum Gasteiger partial charge on any atom is 0.343 e. The van der Waals surface area contributed by atoms with E-state index in [2.05, 4.69) is 15.5 Å². The van der Waals surface area contributed by atoms with Crippen LogP contribution in [0.25, 0.3) is 0 Å². The van der Waals surface area contributed by atoms with Crippen molar-refractivity contribution in [3.8, 4) is 0 Å². The fourth-order valence-electron chi connectivity index (χ4n) is 2.62. The summed E-state index contributed by atoms with van der Waals surface area (Å²) in [6, 6.07) is 19.7. The second-order valence-electron chi connectivity index (χ2n) is 6.16. The van der Waals surface area contributed by atoms with Gasteiger partial charge in [-0.15, -0.1) is 5.10 Å². The predicted octanol–water partition coefficient (Wildman–Crippen LogP) is 2.61. The fraction of sp³-hybridized carbons (Fsp3) is 0.250. The molecule has 0 bridgehead atoms. The van der Waals surface area contributed by atoms with Gasteiger partial charge in [0, 0.05) is 13.1 Å². The van der Waals surface area contributed by atoms with Crippen molar-refractivity contribution in [1.82, 2.24) is 20.1 Å². The van der Waals surface area contributed by atoms with E-state index in [1.54, 1.807) is 4.57 Å². The second kappa shape index (κ2) is 9.23. The van der Waals surface area contributed by atoms with Crippen LogP contribution < -0.4 is 11.0 Å². The lowest BCUT2D eigenvalue weighted by molar-refractivity contribution is -0.120. The lowest BCUT2D eigenvalue weighted by atomic mass is 10.1. The predicted molar refractivity (Wildman–Crippen MR) is 107 cm³/mol. The van der Waals surface area contributed by atoms with Crippen LogP contribution in [0.3, 0.4) is 0 Å². The Morgan fingerprint density at radius 2 is 1.74 bits per heavy atom. The molecular formula is C20H22N4O2S. The van der Waals surface area contributed by atoms with E-state index in [0.29, 0.717) is 18.2 Å². The molecule has 1 heterocycles. The van der Waals surface area contributed by atoms with E-state index >= 15 is 0 Å². The Morgan fingerprint density at radius 3 is 2.41 bits per heavy atom. The highest BCUT2D eigenvalue weighted by molar-refractivity contribution is 8.00. The standard InChI is InChI=1S/C20H22N4O2S/c1-15(18(25)21-14-17-10-6-3-7-11-17)27-20-23-22-19(26)24(20)13-12-16-8-4-2-5-9-16/h2-11,15H,12-14H2,1H3,(H,21,25)(H,22,26)/t15-/m1/s1. The molecule has 0 saturated heterocycles. The van der Waals surface area contributed by atoms with Crippen molar-refractivity contribution in [2.24, 2.45) is 0 Å². The van der Waals surface area contributed by atoms with Crippen LogP contribution >= 0.6 is 11.8 Å². The fourth-order valence-corrected chi connectivity index (χ4v) is 3.52. The number of carbonyl (C=O) groups excluding carboxylic acids is 1. The first-order valence-electron chi connectivity index (χ1n) is 8.81. The van der Waals surface area contributed by atoms with Gasteiger partial charge in [-0.25, -0.2) is 9.89 Å². The van der Waals surface area contributed by atoms with E-state index in [4.69, 9.17) is 0 Å². The molecule has 3 aromatic rings. The smallest absolute Gasteiger partial charge is 0.343 e. The molecule has 0 unspecified atom stereocenters. The van der Waals surface area contributed by atoms with Crippen molar-refractivity contribution in [3.05, 3.63) is 82.3 Å². The van der Waals surface area contributed by atoms with Crippen LogP contribution in [-0.2, 0) is 24.3 Å². The number of amides is 1. The number of benzene rings is 2. The average molecular weight is 382 g/mol. The van der Waals surface area contributed by atoms with Crippen molar-refractivity contribution < 1.29 is 4.79 Å². The van der Waals surface area contributed by atoms with Crippen LogP contribution in [0.15, 0.2) is 70.6 Å². The zero-order valence-corrected chi connectivity index (χ0v) is 15.9. The van der Waals surface area contributed by atoms with E-state index in [0.717, 1.165) is 17.5 Å². The minimum atomic E-state index is -0.362. The summed E-state index contributed by atoms with van der Waals surface area (Å²) in [6.07, 6.45) is 0.725. The van der Waals surface area contributed by atoms with E-state index in [1.807, 2.05) is 67.6 Å². The monoisotopic (exact) mass is 382 g/mol. The Labute approximate surface area is 162 Å². The minimum absolute atomic E-state index is 0.0890. The van der Waals surface area contributed by atoms with Crippen molar-refractivity contribution in [2.75, 3.05) is 0 Å². The molecule has 0 radical (unpaired) electrons. The number of aryl methyl sites for hydroxylation is 1. The number of aromatic amines is 1. The van der Waals surface area contributed by atoms with E-state index in [-0.39, 0.29) is 16.8 Å². The number of thioether (sulfide) groups is 1. The molecule has 27 heavy (non-hydrogen) atoms. The summed E-state index contributed by atoms with van der Waals surface area (Å²) >= 11 is 1.28. The number of hydrogen-bond donors (Lipinski definition) is 2. The lowest BCUT2D eigenvalue weighted by Crippen LogP contribution is -2.31. The largest absolute Gasteiger partial charge is 0.351 e. The summed E-state index contributed by atoms with van der Waals surface area (Å²) in [7, 11) is 0. The van der Waals surface area contributed by atoms with Gasteiger partial charge in [0.2, 0.25) is 5.91 Å². The van der Waals surface area contributed by atoms with Crippen LogP contribution in [0.1, 0.15) is 18.1 Å². The van der Waals surface area contributed by atoms with Crippen molar-refractivity contribution in [3.63, 3.8) is 0 Å². The molecule has 0 spiro atoms. The Morgan fingerprint density at radius 1 is 1.11 bits per heavy atom. The maximum atomic E-state index is 12.4. The molecule has 0 aliphatic carbocycles. The van der Waals surface area contributed by atoms with Crippen LogP contribution in [0.5, 0.6) is 0 Å². The first-order valence-corrected chi connectivity index (χ1v) is 9.69. The highest BCUT2D eigenvalue weighted by atomic mass is 32.2. The van der Waals surface area contributed by atoms with Crippen LogP contribution in [-0.4, -0.2) is 25.9 Å². The SMILES string of the molecule is C[C@@H](Sc1n[nH]c(=O)n1CCc1ccccc1)C(=O)NCc1ccccc1. The molecule has 1 atom stereocenters. The molecule has 7 heteroatoms. The summed E-state index contributed by atoms with van der Waals surface area (Å²) in [6.45, 7) is 2.80. The van der Waals surface area contributed by atoms with E-state index in [1.165, 1.54) is 11.8 Å². The summed E-state index contributed by atoms with van der Waals surface area (Å²) in [5.41, 5.74) is 1.93. The average Bonchev–Trinajstić information content (AvgIpc) is 3.05. The van der Waals surface area contributed by atoms with Gasteiger partial charge in [-0.1, -0.05) is 72.4 Å². The lowest BCUT2D eigenvalue weighted by Gasteiger charge is -2.12. The normalized spacial score (nSPS) is 11.9. The van der Waals surface area contributed by atoms with Crippen LogP contribution in [0.4, 0.5) is 0 Å². The Hall–Kier alpha value is -2.80. The molecule has 0 aliphatic rings. The topological polar surface area (TPSA) is 79.8 Å². The molecule has 2 aromatic carbocycles. The molecule has 2 N–H and O–H groups in total. The van der Waals surface area contributed by atoms with Gasteiger partial charge >= 0.3 is 5.69 Å². The van der Waals surface area contributed by atoms with Gasteiger partial charge in [0.25, 0.3) is 0 Å². The summed E-state index contributed by atoms with van der Waals surface area (Å²) < 4.78 is 1.58. The summed E-state index contributed by atoms with van der Waals surface area (Å²) in [4.78, 5) is 24.4. The highest BCUT2D eigenvalue weighted by Crippen LogP contribution is 2.20. The molecule has 140 valence electrons. The number of hydrogen-bond acceptors (Lipinski definition) is 4. The number of aromatic nitrogens is 3. The van der Waals surface area contributed by atoms with E-state index < -0.39 is 0 Å². The van der Waals surface area contributed by atoms with Gasteiger partial charge in [0.15, 0.2) is 5.16 Å². The molecular weight excluding hydrogens is 360 g/mol. The Kier molecular flexibility index (Phi) is 6.49. The first-order chi connectivity index (χ1) is 13.1. The van der Waals surface area contributed by atoms with Crippen LogP contribution in [0, 0.1) is 0 Å². The van der Waals surface area contributed by atoms with E-state index in [9.17, 15) is 9.59 Å². The number of rotatable bonds is 8. The zero-order chi connectivity index (χ0) is 19.1. The molecule has 3 rings (SSSR count). The molecule has 1 aromatic heterocycles. The van der Waals surface area contributed by atoms with Gasteiger partial charge < -0.3 is 5.32 Å². The number of nitrogens with one attached hydrogen (secondary N) is 2. The van der Waals surface area contributed by atoms with Crippen molar-refractivity contribution in [2.45, 2.75) is 36.8 Å². The molecule has 0 saturated carbocycles. The summed E-state index contributed by atoms with van der Waals surface area (Å²) in [5.74, 6) is -0.0890. The van der Waals surface area contributed by atoms with Gasteiger partial charge in [0.1, 0.15) is 0 Å². The third-order valence-electron chi connectivity index (χ3n) is 4.15. The molecule has 6 nitrogen and oxygen atoms in total. The third kappa shape index (κ3) is 5.34. The van der Waals surface area contributed by atoms with Crippen molar-refractivity contribution in [1.29, 1.82) is 0 Å². The Bertz CT molecular complexity index is 922. The van der Waals surface area contributed by atoms with Gasteiger partial charge in [-0.2, -0.15) is 0 Å². The number of carbonyl (C=O) groups is 1. The molecule has 1 amide bonds. The van der Waals surface area contributed by atoms with Gasteiger partial charge in [0.05, 0.1) is 5.25 Å². The quantitative estimate of drug-likeness (QED) is 0.587. The van der Waals surface area contributed by atoms with Gasteiger partial charge in [-0.05, 0) is 24.5 Å². The Balaban J connectivity index is 1.58.